The highest BCUT2D eigenvalue weighted by Gasteiger charge is 2.27. The number of rotatable bonds is 7. The van der Waals surface area contributed by atoms with E-state index < -0.39 is 11.9 Å². The second kappa shape index (κ2) is 9.43. The van der Waals surface area contributed by atoms with E-state index in [1.54, 1.807) is 6.07 Å². The first-order valence-corrected chi connectivity index (χ1v) is 10.0. The zero-order valence-corrected chi connectivity index (χ0v) is 16.6. The van der Waals surface area contributed by atoms with Gasteiger partial charge >= 0.3 is 5.97 Å². The van der Waals surface area contributed by atoms with Gasteiger partial charge in [-0.15, -0.1) is 11.3 Å². The van der Waals surface area contributed by atoms with Gasteiger partial charge in [-0.25, -0.2) is 4.79 Å². The van der Waals surface area contributed by atoms with Gasteiger partial charge in [0.15, 0.2) is 0 Å². The Hall–Kier alpha value is -2.51. The summed E-state index contributed by atoms with van der Waals surface area (Å²) in [6, 6.07) is 1.72. The SMILES string of the molecule is CNC(SCC(=O)Nc1sc2c(c1C(=O)OC)CCCC2)=C(C#N)C(N)=O. The number of nitrogens with one attached hydrogen (secondary N) is 2. The first-order valence-electron chi connectivity index (χ1n) is 8.20. The number of methoxy groups -OCH3 is 1. The topological polar surface area (TPSA) is 134 Å². The van der Waals surface area contributed by atoms with Crippen LogP contribution in [-0.4, -0.2) is 37.7 Å². The molecule has 0 spiro atoms. The number of nitrogens with zero attached hydrogens (tertiary/aromatic N) is 1. The molecule has 2 rings (SSSR count). The number of aryl methyl sites for hydroxylation is 1. The zero-order chi connectivity index (χ0) is 20.0. The third-order valence-corrected chi connectivity index (χ3v) is 6.28. The van der Waals surface area contributed by atoms with Crippen LogP contribution in [0.3, 0.4) is 0 Å². The maximum atomic E-state index is 12.4. The Morgan fingerprint density at radius 3 is 2.63 bits per heavy atom. The van der Waals surface area contributed by atoms with E-state index in [0.717, 1.165) is 47.9 Å². The molecule has 0 fully saturated rings. The highest BCUT2D eigenvalue weighted by atomic mass is 32.2. The molecule has 1 heterocycles. The van der Waals surface area contributed by atoms with Crippen LogP contribution in [0.25, 0.3) is 0 Å². The molecular formula is C17H20N4O4S2. The second-order valence-electron chi connectivity index (χ2n) is 5.67. The summed E-state index contributed by atoms with van der Waals surface area (Å²) < 4.78 is 4.88. The maximum absolute atomic E-state index is 12.4. The molecule has 4 N–H and O–H groups in total. The lowest BCUT2D eigenvalue weighted by Gasteiger charge is -2.12. The predicted octanol–water partition coefficient (Wildman–Crippen LogP) is 1.53. The summed E-state index contributed by atoms with van der Waals surface area (Å²) in [5, 5.41) is 15.2. The van der Waals surface area contributed by atoms with Crippen molar-refractivity contribution in [3.8, 4) is 6.07 Å². The minimum atomic E-state index is -0.867. The molecule has 10 heteroatoms. The minimum Gasteiger partial charge on any atom is -0.465 e. The van der Waals surface area contributed by atoms with Gasteiger partial charge in [-0.2, -0.15) is 5.26 Å². The molecule has 2 amide bonds. The Balaban J connectivity index is 2.17. The molecule has 1 aliphatic rings. The van der Waals surface area contributed by atoms with E-state index in [4.69, 9.17) is 15.7 Å². The lowest BCUT2D eigenvalue weighted by atomic mass is 9.95. The van der Waals surface area contributed by atoms with Crippen molar-refractivity contribution in [1.82, 2.24) is 5.32 Å². The van der Waals surface area contributed by atoms with Crippen LogP contribution in [0.2, 0.25) is 0 Å². The Labute approximate surface area is 165 Å². The second-order valence-corrected chi connectivity index (χ2v) is 7.76. The van der Waals surface area contributed by atoms with Crippen molar-refractivity contribution in [2.45, 2.75) is 25.7 Å². The number of ether oxygens (including phenoxy) is 1. The van der Waals surface area contributed by atoms with E-state index in [1.165, 1.54) is 25.5 Å². The molecule has 0 atom stereocenters. The van der Waals surface area contributed by atoms with Crippen LogP contribution in [0.1, 0.15) is 33.6 Å². The van der Waals surface area contributed by atoms with Crippen molar-refractivity contribution in [2.75, 3.05) is 25.2 Å². The first kappa shape index (κ1) is 20.8. The average Bonchev–Trinajstić information content (AvgIpc) is 3.01. The van der Waals surface area contributed by atoms with Crippen LogP contribution < -0.4 is 16.4 Å². The van der Waals surface area contributed by atoms with Crippen LogP contribution >= 0.6 is 23.1 Å². The molecule has 0 bridgehead atoms. The van der Waals surface area contributed by atoms with Gasteiger partial charge in [0.05, 0.1) is 23.5 Å². The van der Waals surface area contributed by atoms with Gasteiger partial charge in [-0.05, 0) is 31.2 Å². The normalized spacial score (nSPS) is 13.7. The van der Waals surface area contributed by atoms with Crippen LogP contribution in [-0.2, 0) is 27.2 Å². The third kappa shape index (κ3) is 4.81. The number of hydrogen-bond acceptors (Lipinski definition) is 8. The van der Waals surface area contributed by atoms with Crippen molar-refractivity contribution < 1.29 is 19.1 Å². The van der Waals surface area contributed by atoms with Gasteiger partial charge in [-0.1, -0.05) is 11.8 Å². The quantitative estimate of drug-likeness (QED) is 0.354. The van der Waals surface area contributed by atoms with E-state index in [2.05, 4.69) is 10.6 Å². The Kier molecular flexibility index (Phi) is 7.27. The standard InChI is InChI=1S/C17H20N4O4S2/c1-20-15(10(7-18)14(19)23)26-8-12(22)21-16-13(17(24)25-2)9-5-3-4-6-11(9)27-16/h20H,3-6,8H2,1-2H3,(H2,19,23)(H,21,22). The zero-order valence-electron chi connectivity index (χ0n) is 15.0. The van der Waals surface area contributed by atoms with Gasteiger partial charge in [0.1, 0.15) is 16.6 Å². The van der Waals surface area contributed by atoms with E-state index in [1.807, 2.05) is 0 Å². The van der Waals surface area contributed by atoms with Crippen molar-refractivity contribution >= 4 is 45.9 Å². The molecule has 0 aliphatic heterocycles. The summed E-state index contributed by atoms with van der Waals surface area (Å²) in [7, 11) is 2.84. The van der Waals surface area contributed by atoms with Gasteiger partial charge in [-0.3, -0.25) is 9.59 Å². The van der Waals surface area contributed by atoms with Gasteiger partial charge in [0, 0.05) is 11.9 Å². The monoisotopic (exact) mass is 408 g/mol. The summed E-state index contributed by atoms with van der Waals surface area (Å²) in [6.07, 6.45) is 3.72. The molecule has 0 saturated heterocycles. The average molecular weight is 409 g/mol. The molecule has 0 unspecified atom stereocenters. The number of amides is 2. The largest absolute Gasteiger partial charge is 0.465 e. The fourth-order valence-corrected chi connectivity index (χ4v) is 4.84. The van der Waals surface area contributed by atoms with Crippen molar-refractivity contribution in [3.63, 3.8) is 0 Å². The number of nitriles is 1. The molecule has 144 valence electrons. The third-order valence-electron chi connectivity index (χ3n) is 3.97. The summed E-state index contributed by atoms with van der Waals surface area (Å²) >= 11 is 2.38. The molecule has 1 aliphatic carbocycles. The van der Waals surface area contributed by atoms with E-state index >= 15 is 0 Å². The number of nitrogens with two attached hydrogens (primary N) is 1. The molecular weight excluding hydrogens is 388 g/mol. The number of anilines is 1. The van der Waals surface area contributed by atoms with E-state index in [9.17, 15) is 14.4 Å². The molecule has 0 saturated carbocycles. The predicted molar refractivity (Wildman–Crippen MR) is 104 cm³/mol. The number of primary amides is 1. The van der Waals surface area contributed by atoms with Gasteiger partial charge < -0.3 is 21.1 Å². The first-order chi connectivity index (χ1) is 12.9. The summed E-state index contributed by atoms with van der Waals surface area (Å²) in [6.45, 7) is 0. The fraction of sp³-hybridized carbons (Fsp3) is 0.412. The summed E-state index contributed by atoms with van der Waals surface area (Å²) in [5.41, 5.74) is 6.30. The molecule has 0 aromatic carbocycles. The molecule has 1 aromatic rings. The van der Waals surface area contributed by atoms with Crippen molar-refractivity contribution in [1.29, 1.82) is 5.26 Å². The number of fused-ring (bicyclic) bond motifs is 1. The molecule has 8 nitrogen and oxygen atoms in total. The van der Waals surface area contributed by atoms with E-state index in [-0.39, 0.29) is 22.3 Å². The summed E-state index contributed by atoms with van der Waals surface area (Å²) in [5.74, 6) is -1.75. The van der Waals surface area contributed by atoms with Gasteiger partial charge in [0.2, 0.25) is 5.91 Å². The van der Waals surface area contributed by atoms with Crippen LogP contribution in [0.4, 0.5) is 5.00 Å². The maximum Gasteiger partial charge on any atom is 0.341 e. The number of thiophene rings is 1. The lowest BCUT2D eigenvalue weighted by Crippen LogP contribution is -2.21. The molecule has 1 aromatic heterocycles. The number of esters is 1. The fourth-order valence-electron chi connectivity index (χ4n) is 2.76. The Bertz CT molecular complexity index is 839. The summed E-state index contributed by atoms with van der Waals surface area (Å²) in [4.78, 5) is 36.9. The van der Waals surface area contributed by atoms with Crippen LogP contribution in [0, 0.1) is 11.3 Å². The number of carbonyl (C=O) groups excluding carboxylic acids is 3. The molecule has 0 radical (unpaired) electrons. The van der Waals surface area contributed by atoms with Crippen molar-refractivity contribution in [2.24, 2.45) is 5.73 Å². The van der Waals surface area contributed by atoms with Crippen LogP contribution in [0.15, 0.2) is 10.6 Å². The van der Waals surface area contributed by atoms with Gasteiger partial charge in [0.25, 0.3) is 5.91 Å². The Morgan fingerprint density at radius 1 is 1.33 bits per heavy atom. The lowest BCUT2D eigenvalue weighted by molar-refractivity contribution is -0.115. The van der Waals surface area contributed by atoms with E-state index in [0.29, 0.717) is 10.6 Å². The number of carbonyl (C=O) groups is 3. The molecule has 27 heavy (non-hydrogen) atoms. The highest BCUT2D eigenvalue weighted by Crippen LogP contribution is 2.38. The van der Waals surface area contributed by atoms with Crippen molar-refractivity contribution in [3.05, 3.63) is 26.6 Å². The van der Waals surface area contributed by atoms with Crippen LogP contribution in [0.5, 0.6) is 0 Å². The highest BCUT2D eigenvalue weighted by molar-refractivity contribution is 8.03. The Morgan fingerprint density at radius 2 is 2.04 bits per heavy atom. The minimum absolute atomic E-state index is 0.0577. The number of hydrogen-bond donors (Lipinski definition) is 3. The number of thioether (sulfide) groups is 1. The smallest absolute Gasteiger partial charge is 0.341 e.